The molecule has 2 N–H and O–H groups in total. The molecule has 0 saturated carbocycles. The Labute approximate surface area is 137 Å². The Hall–Kier alpha value is -2.40. The molecule has 0 spiro atoms. The van der Waals surface area contributed by atoms with Gasteiger partial charge in [-0.2, -0.15) is 0 Å². The third kappa shape index (κ3) is 6.48. The van der Waals surface area contributed by atoms with E-state index in [2.05, 4.69) is 15.6 Å². The fourth-order valence-corrected chi connectivity index (χ4v) is 2.13. The summed E-state index contributed by atoms with van der Waals surface area (Å²) in [6.45, 7) is 1.53. The van der Waals surface area contributed by atoms with E-state index < -0.39 is 0 Å². The summed E-state index contributed by atoms with van der Waals surface area (Å²) in [5.41, 5.74) is 1.88. The summed E-state index contributed by atoms with van der Waals surface area (Å²) in [4.78, 5) is 16.2. The lowest BCUT2D eigenvalue weighted by Gasteiger charge is -2.08. The first-order valence-corrected chi connectivity index (χ1v) is 7.80. The number of nitrogens with one attached hydrogen (secondary N) is 2. The highest BCUT2D eigenvalue weighted by Gasteiger charge is 2.03. The second-order valence-electron chi connectivity index (χ2n) is 5.24. The van der Waals surface area contributed by atoms with Gasteiger partial charge in [0.2, 0.25) is 5.91 Å². The third-order valence-corrected chi connectivity index (χ3v) is 3.36. The van der Waals surface area contributed by atoms with Crippen molar-refractivity contribution in [2.45, 2.75) is 19.3 Å². The summed E-state index contributed by atoms with van der Waals surface area (Å²) < 4.78 is 4.99. The van der Waals surface area contributed by atoms with Gasteiger partial charge in [0, 0.05) is 26.7 Å². The highest BCUT2D eigenvalue weighted by molar-refractivity contribution is 5.90. The lowest BCUT2D eigenvalue weighted by molar-refractivity contribution is -0.116. The first kappa shape index (κ1) is 17.0. The van der Waals surface area contributed by atoms with Crippen molar-refractivity contribution < 1.29 is 9.53 Å². The number of anilines is 2. The molecule has 122 valence electrons. The highest BCUT2D eigenvalue weighted by atomic mass is 16.5. The van der Waals surface area contributed by atoms with Crippen molar-refractivity contribution in [1.82, 2.24) is 4.98 Å². The van der Waals surface area contributed by atoms with Crippen molar-refractivity contribution in [2.24, 2.45) is 0 Å². The number of pyridine rings is 1. The molecule has 5 nitrogen and oxygen atoms in total. The smallest absolute Gasteiger partial charge is 0.224 e. The van der Waals surface area contributed by atoms with Gasteiger partial charge in [-0.25, -0.2) is 4.98 Å². The van der Waals surface area contributed by atoms with Crippen LogP contribution in [0.5, 0.6) is 0 Å². The maximum absolute atomic E-state index is 11.9. The second-order valence-corrected chi connectivity index (χ2v) is 5.24. The zero-order valence-corrected chi connectivity index (χ0v) is 13.4. The van der Waals surface area contributed by atoms with Gasteiger partial charge in [0.25, 0.3) is 0 Å². The van der Waals surface area contributed by atoms with Crippen LogP contribution in [0.1, 0.15) is 18.4 Å². The van der Waals surface area contributed by atoms with Gasteiger partial charge in [-0.05, 0) is 30.5 Å². The SMILES string of the molecule is COCCCNc1ccc(NC(=O)CCc2ccccc2)cn1. The number of methoxy groups -OCH3 is 1. The molecule has 0 aliphatic heterocycles. The van der Waals surface area contributed by atoms with Crippen molar-refractivity contribution in [3.8, 4) is 0 Å². The number of carbonyl (C=O) groups excluding carboxylic acids is 1. The molecule has 0 bridgehead atoms. The van der Waals surface area contributed by atoms with Crippen molar-refractivity contribution >= 4 is 17.4 Å². The number of aromatic nitrogens is 1. The van der Waals surface area contributed by atoms with Crippen LogP contribution in [0.3, 0.4) is 0 Å². The number of amides is 1. The van der Waals surface area contributed by atoms with Gasteiger partial charge >= 0.3 is 0 Å². The van der Waals surface area contributed by atoms with E-state index in [1.54, 1.807) is 13.3 Å². The Morgan fingerprint density at radius 1 is 1.17 bits per heavy atom. The summed E-state index contributed by atoms with van der Waals surface area (Å²) >= 11 is 0. The Bertz CT molecular complexity index is 585. The summed E-state index contributed by atoms with van der Waals surface area (Å²) in [5.74, 6) is 0.792. The predicted octanol–water partition coefficient (Wildman–Crippen LogP) is 3.10. The van der Waals surface area contributed by atoms with Gasteiger partial charge in [-0.3, -0.25) is 4.79 Å². The van der Waals surface area contributed by atoms with Gasteiger partial charge in [-0.1, -0.05) is 30.3 Å². The Morgan fingerprint density at radius 2 is 2.00 bits per heavy atom. The average molecular weight is 313 g/mol. The van der Waals surface area contributed by atoms with Crippen LogP contribution in [0.4, 0.5) is 11.5 Å². The molecule has 0 aliphatic rings. The van der Waals surface area contributed by atoms with Crippen LogP contribution in [0, 0.1) is 0 Å². The molecule has 5 heteroatoms. The van der Waals surface area contributed by atoms with E-state index >= 15 is 0 Å². The maximum atomic E-state index is 11.9. The van der Waals surface area contributed by atoms with Crippen LogP contribution >= 0.6 is 0 Å². The number of benzene rings is 1. The normalized spacial score (nSPS) is 10.3. The van der Waals surface area contributed by atoms with E-state index in [1.807, 2.05) is 42.5 Å². The minimum Gasteiger partial charge on any atom is -0.385 e. The first-order valence-electron chi connectivity index (χ1n) is 7.80. The Morgan fingerprint density at radius 3 is 2.70 bits per heavy atom. The Balaban J connectivity index is 1.73. The molecule has 0 radical (unpaired) electrons. The number of hydrogen-bond donors (Lipinski definition) is 2. The quantitative estimate of drug-likeness (QED) is 0.698. The number of ether oxygens (including phenoxy) is 1. The van der Waals surface area contributed by atoms with Crippen LogP contribution < -0.4 is 10.6 Å². The van der Waals surface area contributed by atoms with Crippen molar-refractivity contribution in [2.75, 3.05) is 30.9 Å². The van der Waals surface area contributed by atoms with Gasteiger partial charge in [-0.15, -0.1) is 0 Å². The molecule has 2 aromatic rings. The van der Waals surface area contributed by atoms with Gasteiger partial charge in [0.1, 0.15) is 5.82 Å². The first-order chi connectivity index (χ1) is 11.3. The molecule has 0 fully saturated rings. The van der Waals surface area contributed by atoms with E-state index in [4.69, 9.17) is 4.74 Å². The molecular weight excluding hydrogens is 290 g/mol. The minimum absolute atomic E-state index is 0.00328. The fourth-order valence-electron chi connectivity index (χ4n) is 2.13. The lowest BCUT2D eigenvalue weighted by atomic mass is 10.1. The molecule has 0 unspecified atom stereocenters. The van der Waals surface area contributed by atoms with Crippen LogP contribution in [-0.2, 0) is 16.0 Å². The van der Waals surface area contributed by atoms with Gasteiger partial charge in [0.05, 0.1) is 11.9 Å². The zero-order valence-electron chi connectivity index (χ0n) is 13.4. The number of aryl methyl sites for hydroxylation is 1. The molecule has 0 aliphatic carbocycles. The summed E-state index contributed by atoms with van der Waals surface area (Å²) in [7, 11) is 1.69. The van der Waals surface area contributed by atoms with Crippen LogP contribution in [0.2, 0.25) is 0 Å². The summed E-state index contributed by atoms with van der Waals surface area (Å²) in [6, 6.07) is 13.7. The largest absolute Gasteiger partial charge is 0.385 e. The molecule has 1 aromatic heterocycles. The molecule has 1 amide bonds. The number of rotatable bonds is 9. The lowest BCUT2D eigenvalue weighted by Crippen LogP contribution is -2.13. The fraction of sp³-hybridized carbons (Fsp3) is 0.333. The van der Waals surface area contributed by atoms with Crippen LogP contribution in [0.25, 0.3) is 0 Å². The number of hydrogen-bond acceptors (Lipinski definition) is 4. The van der Waals surface area contributed by atoms with E-state index in [0.717, 1.165) is 37.4 Å². The second kappa shape index (κ2) is 9.58. The zero-order chi connectivity index (χ0) is 16.3. The van der Waals surface area contributed by atoms with Crippen LogP contribution in [-0.4, -0.2) is 31.2 Å². The topological polar surface area (TPSA) is 63.2 Å². The van der Waals surface area contributed by atoms with E-state index in [0.29, 0.717) is 12.1 Å². The number of carbonyl (C=O) groups is 1. The molecular formula is C18H23N3O2. The van der Waals surface area contributed by atoms with Crippen LogP contribution in [0.15, 0.2) is 48.7 Å². The van der Waals surface area contributed by atoms with E-state index in [9.17, 15) is 4.79 Å². The standard InChI is InChI=1S/C18H23N3O2/c1-23-13-5-12-19-17-10-9-16(14-20-17)21-18(22)11-8-15-6-3-2-4-7-15/h2-4,6-7,9-10,14H,5,8,11-13H2,1H3,(H,19,20)(H,21,22). The monoisotopic (exact) mass is 313 g/mol. The maximum Gasteiger partial charge on any atom is 0.224 e. The average Bonchev–Trinajstić information content (AvgIpc) is 2.59. The summed E-state index contributed by atoms with van der Waals surface area (Å²) in [5, 5.41) is 6.07. The highest BCUT2D eigenvalue weighted by Crippen LogP contribution is 2.11. The predicted molar refractivity (Wildman–Crippen MR) is 92.6 cm³/mol. The molecule has 23 heavy (non-hydrogen) atoms. The Kier molecular flexibility index (Phi) is 7.07. The minimum atomic E-state index is -0.00328. The van der Waals surface area contributed by atoms with E-state index in [1.165, 1.54) is 0 Å². The molecule has 0 atom stereocenters. The van der Waals surface area contributed by atoms with Gasteiger partial charge < -0.3 is 15.4 Å². The van der Waals surface area contributed by atoms with Crippen molar-refractivity contribution in [1.29, 1.82) is 0 Å². The van der Waals surface area contributed by atoms with Crippen molar-refractivity contribution in [3.05, 3.63) is 54.2 Å². The van der Waals surface area contributed by atoms with Crippen molar-refractivity contribution in [3.63, 3.8) is 0 Å². The molecule has 1 heterocycles. The number of nitrogens with zero attached hydrogens (tertiary/aromatic N) is 1. The van der Waals surface area contributed by atoms with E-state index in [-0.39, 0.29) is 5.91 Å². The molecule has 2 rings (SSSR count). The third-order valence-electron chi connectivity index (χ3n) is 3.36. The summed E-state index contributed by atoms with van der Waals surface area (Å²) in [6.07, 6.45) is 3.79. The van der Waals surface area contributed by atoms with Gasteiger partial charge in [0.15, 0.2) is 0 Å². The molecule has 0 saturated heterocycles. The molecule has 1 aromatic carbocycles.